The van der Waals surface area contributed by atoms with Crippen molar-refractivity contribution in [3.05, 3.63) is 60.9 Å². The maximum atomic E-state index is 4.84. The molecule has 0 unspecified atom stereocenters. The van der Waals surface area contributed by atoms with Gasteiger partial charge in [-0.15, -0.1) is 0 Å². The van der Waals surface area contributed by atoms with Crippen LogP contribution >= 0.6 is 0 Å². The van der Waals surface area contributed by atoms with E-state index in [0.29, 0.717) is 0 Å². The van der Waals surface area contributed by atoms with Crippen molar-refractivity contribution < 1.29 is 4.48 Å². The smallest absolute Gasteiger partial charge is 0.0961 e. The Balaban J connectivity index is 0.000000757. The molecular weight excluding hydrogens is 370 g/mol. The Labute approximate surface area is 182 Å². The van der Waals surface area contributed by atoms with Gasteiger partial charge < -0.3 is 9.38 Å². The largest absolute Gasteiger partial charge is 0.360 e. The van der Waals surface area contributed by atoms with E-state index in [-0.39, 0.29) is 0 Å². The first-order chi connectivity index (χ1) is 14.6. The van der Waals surface area contributed by atoms with Gasteiger partial charge in [-0.2, -0.15) is 0 Å². The SMILES string of the molecule is CC.CC.C[N+]1(C)CCN(c2cc(-c3ccccn3)nc(-c3ccccn3)c2)CC1. The fourth-order valence-corrected chi connectivity index (χ4v) is 3.25. The van der Waals surface area contributed by atoms with Gasteiger partial charge in [0.05, 0.1) is 63.1 Å². The average molecular weight is 407 g/mol. The molecule has 0 aliphatic carbocycles. The van der Waals surface area contributed by atoms with E-state index in [4.69, 9.17) is 4.98 Å². The van der Waals surface area contributed by atoms with Gasteiger partial charge in [0.25, 0.3) is 0 Å². The summed E-state index contributed by atoms with van der Waals surface area (Å²) in [5.41, 5.74) is 4.76. The molecule has 1 saturated heterocycles. The molecule has 0 radical (unpaired) electrons. The Bertz CT molecular complexity index is 811. The van der Waals surface area contributed by atoms with Crippen LogP contribution in [0.25, 0.3) is 22.8 Å². The van der Waals surface area contributed by atoms with Gasteiger partial charge in [-0.05, 0) is 36.4 Å². The molecule has 0 bridgehead atoms. The highest BCUT2D eigenvalue weighted by molar-refractivity contribution is 5.69. The van der Waals surface area contributed by atoms with Gasteiger partial charge in [-0.25, -0.2) is 4.98 Å². The Morgan fingerprint density at radius 3 is 1.57 bits per heavy atom. The van der Waals surface area contributed by atoms with Crippen LogP contribution in [0.5, 0.6) is 0 Å². The van der Waals surface area contributed by atoms with Gasteiger partial charge in [0.1, 0.15) is 0 Å². The number of hydrogen-bond donors (Lipinski definition) is 0. The van der Waals surface area contributed by atoms with Crippen LogP contribution in [0, 0.1) is 0 Å². The summed E-state index contributed by atoms with van der Waals surface area (Å²) < 4.78 is 1.07. The van der Waals surface area contributed by atoms with Crippen LogP contribution in [0.2, 0.25) is 0 Å². The summed E-state index contributed by atoms with van der Waals surface area (Å²) in [6.45, 7) is 12.4. The molecule has 4 rings (SSSR count). The van der Waals surface area contributed by atoms with Crippen LogP contribution in [0.3, 0.4) is 0 Å². The van der Waals surface area contributed by atoms with Crippen molar-refractivity contribution in [2.24, 2.45) is 0 Å². The van der Waals surface area contributed by atoms with Gasteiger partial charge in [-0.3, -0.25) is 9.97 Å². The zero-order valence-corrected chi connectivity index (χ0v) is 19.3. The predicted molar refractivity (Wildman–Crippen MR) is 127 cm³/mol. The minimum absolute atomic E-state index is 0.889. The molecule has 1 fully saturated rings. The third kappa shape index (κ3) is 6.10. The summed E-state index contributed by atoms with van der Waals surface area (Å²) >= 11 is 0. The van der Waals surface area contributed by atoms with E-state index in [1.165, 1.54) is 5.69 Å². The number of quaternary nitrogens is 1. The van der Waals surface area contributed by atoms with Crippen LogP contribution < -0.4 is 4.90 Å². The molecule has 0 atom stereocenters. The average Bonchev–Trinajstić information content (AvgIpc) is 2.82. The van der Waals surface area contributed by atoms with Crippen LogP contribution in [0.4, 0.5) is 5.69 Å². The summed E-state index contributed by atoms with van der Waals surface area (Å²) in [6.07, 6.45) is 3.62. The molecule has 0 N–H and O–H groups in total. The van der Waals surface area contributed by atoms with E-state index in [1.807, 2.05) is 76.5 Å². The summed E-state index contributed by atoms with van der Waals surface area (Å²) in [5.74, 6) is 0. The molecule has 1 aliphatic heterocycles. The topological polar surface area (TPSA) is 41.9 Å². The lowest BCUT2D eigenvalue weighted by atomic mass is 10.1. The quantitative estimate of drug-likeness (QED) is 0.564. The number of pyridine rings is 3. The number of hydrogen-bond acceptors (Lipinski definition) is 4. The molecule has 5 nitrogen and oxygen atoms in total. The molecule has 3 aromatic heterocycles. The monoisotopic (exact) mass is 406 g/mol. The lowest BCUT2D eigenvalue weighted by molar-refractivity contribution is -0.890. The van der Waals surface area contributed by atoms with Crippen molar-refractivity contribution in [3.8, 4) is 22.8 Å². The third-order valence-electron chi connectivity index (χ3n) is 4.98. The Kier molecular flexibility index (Phi) is 8.93. The van der Waals surface area contributed by atoms with Crippen LogP contribution in [0.1, 0.15) is 27.7 Å². The molecule has 1 aliphatic rings. The number of nitrogens with zero attached hydrogens (tertiary/aromatic N) is 5. The molecular formula is C25H36N5+. The standard InChI is InChI=1S/C21H24N5.2C2H6/c1-26(2)13-11-25(12-14-26)17-15-20(18-7-3-5-9-22-18)24-21(16-17)19-8-4-6-10-23-19;2*1-2/h3-10,15-16H,11-14H2,1-2H3;2*1-2H3/q+1;;. The van der Waals surface area contributed by atoms with Crippen molar-refractivity contribution in [2.75, 3.05) is 45.2 Å². The zero-order chi connectivity index (χ0) is 22.0. The summed E-state index contributed by atoms with van der Waals surface area (Å²) in [7, 11) is 4.59. The number of rotatable bonds is 3. The van der Waals surface area contributed by atoms with Gasteiger partial charge in [-0.1, -0.05) is 39.8 Å². The van der Waals surface area contributed by atoms with Crippen molar-refractivity contribution in [3.63, 3.8) is 0 Å². The highest BCUT2D eigenvalue weighted by Crippen LogP contribution is 2.28. The van der Waals surface area contributed by atoms with E-state index in [9.17, 15) is 0 Å². The summed E-state index contributed by atoms with van der Waals surface area (Å²) in [4.78, 5) is 16.3. The van der Waals surface area contributed by atoms with Crippen molar-refractivity contribution >= 4 is 5.69 Å². The Hall–Kier alpha value is -2.79. The molecule has 160 valence electrons. The fourth-order valence-electron chi connectivity index (χ4n) is 3.25. The number of aromatic nitrogens is 3. The fraction of sp³-hybridized carbons (Fsp3) is 0.400. The van der Waals surface area contributed by atoms with Crippen LogP contribution in [0.15, 0.2) is 60.9 Å². The lowest BCUT2D eigenvalue weighted by Crippen LogP contribution is -2.54. The highest BCUT2D eigenvalue weighted by atomic mass is 15.4. The minimum Gasteiger partial charge on any atom is -0.360 e. The molecule has 3 aromatic rings. The molecule has 30 heavy (non-hydrogen) atoms. The number of likely N-dealkylation sites (N-methyl/N-ethyl adjacent to an activating group) is 1. The number of piperazine rings is 1. The second-order valence-electron chi connectivity index (χ2n) is 7.40. The zero-order valence-electron chi connectivity index (χ0n) is 19.3. The first kappa shape index (κ1) is 23.5. The van der Waals surface area contributed by atoms with Gasteiger partial charge in [0, 0.05) is 18.1 Å². The van der Waals surface area contributed by atoms with Crippen molar-refractivity contribution in [1.82, 2.24) is 15.0 Å². The maximum absolute atomic E-state index is 4.84. The highest BCUT2D eigenvalue weighted by Gasteiger charge is 2.25. The summed E-state index contributed by atoms with van der Waals surface area (Å²) in [5, 5.41) is 0. The van der Waals surface area contributed by atoms with Crippen molar-refractivity contribution in [2.45, 2.75) is 27.7 Å². The summed E-state index contributed by atoms with van der Waals surface area (Å²) in [6, 6.07) is 16.2. The van der Waals surface area contributed by atoms with E-state index in [2.05, 4.69) is 41.1 Å². The molecule has 4 heterocycles. The molecule has 0 amide bonds. The lowest BCUT2D eigenvalue weighted by Gasteiger charge is -2.40. The normalized spacial score (nSPS) is 14.7. The predicted octanol–water partition coefficient (Wildman–Crippen LogP) is 5.15. The van der Waals surface area contributed by atoms with Gasteiger partial charge >= 0.3 is 0 Å². The van der Waals surface area contributed by atoms with Crippen LogP contribution in [-0.2, 0) is 0 Å². The molecule has 0 aromatic carbocycles. The maximum Gasteiger partial charge on any atom is 0.0961 e. The van der Waals surface area contributed by atoms with E-state index in [0.717, 1.165) is 53.4 Å². The van der Waals surface area contributed by atoms with E-state index >= 15 is 0 Å². The van der Waals surface area contributed by atoms with Gasteiger partial charge in [0.2, 0.25) is 0 Å². The van der Waals surface area contributed by atoms with Crippen LogP contribution in [-0.4, -0.2) is 59.7 Å². The second-order valence-corrected chi connectivity index (χ2v) is 7.40. The van der Waals surface area contributed by atoms with Gasteiger partial charge in [0.15, 0.2) is 0 Å². The Morgan fingerprint density at radius 1 is 0.700 bits per heavy atom. The van der Waals surface area contributed by atoms with E-state index in [1.54, 1.807) is 0 Å². The molecule has 0 spiro atoms. The first-order valence-corrected chi connectivity index (χ1v) is 11.0. The molecule has 0 saturated carbocycles. The second kappa shape index (κ2) is 11.4. The third-order valence-corrected chi connectivity index (χ3v) is 4.98. The molecule has 5 heteroatoms. The minimum atomic E-state index is 0.889. The number of anilines is 1. The van der Waals surface area contributed by atoms with Crippen molar-refractivity contribution in [1.29, 1.82) is 0 Å². The van der Waals surface area contributed by atoms with E-state index < -0.39 is 0 Å². The Morgan fingerprint density at radius 2 is 1.17 bits per heavy atom. The first-order valence-electron chi connectivity index (χ1n) is 11.0.